The molecule has 2 N–H and O–H groups in total. The minimum absolute atomic E-state index is 0.00497. The normalized spacial score (nSPS) is 10.4. The predicted molar refractivity (Wildman–Crippen MR) is 79.0 cm³/mol. The van der Waals surface area contributed by atoms with Crippen molar-refractivity contribution in [3.05, 3.63) is 29.8 Å². The van der Waals surface area contributed by atoms with Gasteiger partial charge < -0.3 is 15.3 Å². The minimum atomic E-state index is -0.205. The zero-order valence-electron chi connectivity index (χ0n) is 12.2. The van der Waals surface area contributed by atoms with Crippen LogP contribution in [0.1, 0.15) is 37.6 Å². The summed E-state index contributed by atoms with van der Waals surface area (Å²) in [4.78, 5) is 25.0. The topological polar surface area (TPSA) is 69.6 Å². The number of nitrogens with zero attached hydrogens (tertiary/aromatic N) is 1. The second kappa shape index (κ2) is 7.65. The van der Waals surface area contributed by atoms with E-state index in [9.17, 15) is 9.59 Å². The summed E-state index contributed by atoms with van der Waals surface area (Å²) < 4.78 is 0. The molecule has 5 heteroatoms. The SMILES string of the molecule is CC(=O)c1ccc(NC(=O)N(CCCO)C(C)C)cc1. The zero-order chi connectivity index (χ0) is 15.1. The van der Waals surface area contributed by atoms with Gasteiger partial charge in [-0.15, -0.1) is 0 Å². The van der Waals surface area contributed by atoms with Crippen LogP contribution in [0.5, 0.6) is 0 Å². The molecule has 2 amide bonds. The van der Waals surface area contributed by atoms with Gasteiger partial charge in [0.15, 0.2) is 5.78 Å². The molecule has 1 rings (SSSR count). The van der Waals surface area contributed by atoms with Gasteiger partial charge in [0.05, 0.1) is 0 Å². The van der Waals surface area contributed by atoms with Gasteiger partial charge in [-0.3, -0.25) is 4.79 Å². The van der Waals surface area contributed by atoms with Gasteiger partial charge in [0.2, 0.25) is 0 Å². The quantitative estimate of drug-likeness (QED) is 0.785. The first-order valence-electron chi connectivity index (χ1n) is 6.75. The van der Waals surface area contributed by atoms with E-state index in [1.54, 1.807) is 29.2 Å². The van der Waals surface area contributed by atoms with Gasteiger partial charge in [-0.2, -0.15) is 0 Å². The molecule has 0 saturated carbocycles. The zero-order valence-corrected chi connectivity index (χ0v) is 12.2. The molecule has 5 nitrogen and oxygen atoms in total. The summed E-state index contributed by atoms with van der Waals surface area (Å²) in [6.07, 6.45) is 0.550. The van der Waals surface area contributed by atoms with E-state index in [1.165, 1.54) is 6.92 Å². The third kappa shape index (κ3) is 4.66. The molecule has 110 valence electrons. The summed E-state index contributed by atoms with van der Waals surface area (Å²) in [5.74, 6) is -0.00497. The van der Waals surface area contributed by atoms with Gasteiger partial charge in [-0.25, -0.2) is 4.79 Å². The summed E-state index contributed by atoms with van der Waals surface area (Å²) in [6.45, 7) is 5.92. The Morgan fingerprint density at radius 1 is 1.25 bits per heavy atom. The molecular formula is C15H22N2O3. The molecule has 0 saturated heterocycles. The molecule has 0 aliphatic carbocycles. The number of anilines is 1. The second-order valence-corrected chi connectivity index (χ2v) is 4.93. The summed E-state index contributed by atoms with van der Waals surface area (Å²) in [5, 5.41) is 11.7. The highest BCUT2D eigenvalue weighted by Crippen LogP contribution is 2.12. The summed E-state index contributed by atoms with van der Waals surface area (Å²) >= 11 is 0. The highest BCUT2D eigenvalue weighted by atomic mass is 16.3. The minimum Gasteiger partial charge on any atom is -0.396 e. The number of nitrogens with one attached hydrogen (secondary N) is 1. The Morgan fingerprint density at radius 2 is 1.85 bits per heavy atom. The van der Waals surface area contributed by atoms with E-state index in [4.69, 9.17) is 5.11 Å². The average molecular weight is 278 g/mol. The summed E-state index contributed by atoms with van der Waals surface area (Å²) in [7, 11) is 0. The average Bonchev–Trinajstić information content (AvgIpc) is 2.39. The van der Waals surface area contributed by atoms with Crippen LogP contribution in [0, 0.1) is 0 Å². The van der Waals surface area contributed by atoms with E-state index in [1.807, 2.05) is 13.8 Å². The monoisotopic (exact) mass is 278 g/mol. The molecule has 0 aliphatic heterocycles. The standard InChI is InChI=1S/C15H22N2O3/c1-11(2)17(9-4-10-18)15(20)16-14-7-5-13(6-8-14)12(3)19/h5-8,11,18H,4,9-10H2,1-3H3,(H,16,20). The second-order valence-electron chi connectivity index (χ2n) is 4.93. The first kappa shape index (κ1) is 16.2. The van der Waals surface area contributed by atoms with Crippen molar-refractivity contribution in [2.45, 2.75) is 33.2 Å². The van der Waals surface area contributed by atoms with Gasteiger partial charge in [0, 0.05) is 30.4 Å². The van der Waals surface area contributed by atoms with E-state index in [-0.39, 0.29) is 24.5 Å². The molecule has 0 spiro atoms. The van der Waals surface area contributed by atoms with E-state index in [0.29, 0.717) is 24.2 Å². The molecule has 0 bridgehead atoms. The molecule has 1 aromatic rings. The van der Waals surface area contributed by atoms with Crippen molar-refractivity contribution in [1.82, 2.24) is 4.90 Å². The lowest BCUT2D eigenvalue weighted by Crippen LogP contribution is -2.40. The fourth-order valence-electron chi connectivity index (χ4n) is 1.82. The molecule has 0 aromatic heterocycles. The van der Waals surface area contributed by atoms with Crippen LogP contribution in [0.15, 0.2) is 24.3 Å². The Morgan fingerprint density at radius 3 is 2.30 bits per heavy atom. The Kier molecular flexibility index (Phi) is 6.18. The van der Waals surface area contributed by atoms with E-state index in [0.717, 1.165) is 0 Å². The lowest BCUT2D eigenvalue weighted by Gasteiger charge is -2.26. The predicted octanol–water partition coefficient (Wildman–Crippen LogP) is 2.51. The van der Waals surface area contributed by atoms with Crippen molar-refractivity contribution in [1.29, 1.82) is 0 Å². The Balaban J connectivity index is 2.69. The number of carbonyl (C=O) groups excluding carboxylic acids is 2. The third-order valence-corrected chi connectivity index (χ3v) is 2.98. The van der Waals surface area contributed by atoms with Crippen molar-refractivity contribution in [2.24, 2.45) is 0 Å². The van der Waals surface area contributed by atoms with Crippen LogP contribution >= 0.6 is 0 Å². The Bertz CT molecular complexity index is 455. The molecule has 1 aromatic carbocycles. The number of urea groups is 1. The first-order valence-corrected chi connectivity index (χ1v) is 6.75. The number of benzene rings is 1. The van der Waals surface area contributed by atoms with E-state index >= 15 is 0 Å². The number of Topliss-reactive ketones (excluding diaryl/α,β-unsaturated/α-hetero) is 1. The van der Waals surface area contributed by atoms with Gasteiger partial charge in [-0.1, -0.05) is 0 Å². The van der Waals surface area contributed by atoms with E-state index in [2.05, 4.69) is 5.32 Å². The fourth-order valence-corrected chi connectivity index (χ4v) is 1.82. The molecule has 0 aliphatic rings. The number of hydrogen-bond acceptors (Lipinski definition) is 3. The first-order chi connectivity index (χ1) is 9.45. The van der Waals surface area contributed by atoms with Crippen molar-refractivity contribution in [3.8, 4) is 0 Å². The number of amides is 2. The molecule has 0 unspecified atom stereocenters. The molecular weight excluding hydrogens is 256 g/mol. The molecule has 20 heavy (non-hydrogen) atoms. The lowest BCUT2D eigenvalue weighted by atomic mass is 10.1. The number of aliphatic hydroxyl groups excluding tert-OH is 1. The van der Waals surface area contributed by atoms with Crippen LogP contribution in [0.4, 0.5) is 10.5 Å². The van der Waals surface area contributed by atoms with E-state index < -0.39 is 0 Å². The van der Waals surface area contributed by atoms with Crippen LogP contribution in [-0.4, -0.2) is 41.0 Å². The van der Waals surface area contributed by atoms with Crippen LogP contribution in [-0.2, 0) is 0 Å². The smallest absolute Gasteiger partial charge is 0.322 e. The molecule has 0 heterocycles. The maximum Gasteiger partial charge on any atom is 0.322 e. The Labute approximate surface area is 119 Å². The summed E-state index contributed by atoms with van der Waals surface area (Å²) in [6, 6.07) is 6.64. The fraction of sp³-hybridized carbons (Fsp3) is 0.467. The highest BCUT2D eigenvalue weighted by molar-refractivity contribution is 5.95. The van der Waals surface area contributed by atoms with Crippen LogP contribution < -0.4 is 5.32 Å². The lowest BCUT2D eigenvalue weighted by molar-refractivity contribution is 0.101. The molecule has 0 radical (unpaired) electrons. The number of hydrogen-bond donors (Lipinski definition) is 2. The van der Waals surface area contributed by atoms with Crippen LogP contribution in [0.2, 0.25) is 0 Å². The highest BCUT2D eigenvalue weighted by Gasteiger charge is 2.16. The van der Waals surface area contributed by atoms with Crippen molar-refractivity contribution in [3.63, 3.8) is 0 Å². The molecule has 0 fully saturated rings. The van der Waals surface area contributed by atoms with Gasteiger partial charge in [0.25, 0.3) is 0 Å². The van der Waals surface area contributed by atoms with Crippen molar-refractivity contribution in [2.75, 3.05) is 18.5 Å². The molecule has 0 atom stereocenters. The largest absolute Gasteiger partial charge is 0.396 e. The maximum absolute atomic E-state index is 12.1. The number of carbonyl (C=O) groups is 2. The van der Waals surface area contributed by atoms with Crippen molar-refractivity contribution < 1.29 is 14.7 Å². The van der Waals surface area contributed by atoms with Gasteiger partial charge >= 0.3 is 6.03 Å². The number of ketones is 1. The van der Waals surface area contributed by atoms with Crippen LogP contribution in [0.25, 0.3) is 0 Å². The maximum atomic E-state index is 12.1. The summed E-state index contributed by atoms with van der Waals surface area (Å²) in [5.41, 5.74) is 1.26. The third-order valence-electron chi connectivity index (χ3n) is 2.98. The van der Waals surface area contributed by atoms with Crippen molar-refractivity contribution >= 4 is 17.5 Å². The van der Waals surface area contributed by atoms with Gasteiger partial charge in [0.1, 0.15) is 0 Å². The van der Waals surface area contributed by atoms with Gasteiger partial charge in [-0.05, 0) is 51.5 Å². The van der Waals surface area contributed by atoms with Crippen LogP contribution in [0.3, 0.4) is 0 Å². The number of rotatable bonds is 6. The Hall–Kier alpha value is -1.88. The number of aliphatic hydroxyl groups is 1.